The van der Waals surface area contributed by atoms with Gasteiger partial charge in [-0.15, -0.1) is 0 Å². The molecule has 0 aromatic heterocycles. The molecule has 0 aliphatic rings. The van der Waals surface area contributed by atoms with E-state index in [1.54, 1.807) is 24.3 Å². The fourth-order valence-corrected chi connectivity index (χ4v) is 4.49. The summed E-state index contributed by atoms with van der Waals surface area (Å²) in [7, 11) is -3.68. The van der Waals surface area contributed by atoms with Crippen molar-refractivity contribution in [1.82, 2.24) is 4.72 Å². The number of nitrogens with one attached hydrogen (secondary N) is 1. The number of sulfonamides is 1. The van der Waals surface area contributed by atoms with Crippen molar-refractivity contribution in [3.8, 4) is 0 Å². The molecule has 0 amide bonds. The molecule has 2 atom stereocenters. The summed E-state index contributed by atoms with van der Waals surface area (Å²) in [6.45, 7) is 8.19. The van der Waals surface area contributed by atoms with Gasteiger partial charge in [-0.05, 0) is 35.8 Å². The molecule has 0 bridgehead atoms. The average molecular weight is 392 g/mol. The largest absolute Gasteiger partial charge is 0.241 e. The molecule has 0 spiro atoms. The minimum absolute atomic E-state index is 0.134. The highest BCUT2D eigenvalue weighted by atomic mass is 32.2. The van der Waals surface area contributed by atoms with Gasteiger partial charge in [0.25, 0.3) is 0 Å². The van der Waals surface area contributed by atoms with Crippen LogP contribution in [0.3, 0.4) is 0 Å². The smallest absolute Gasteiger partial charge is 0.207 e. The first-order chi connectivity index (χ1) is 13.4. The predicted molar refractivity (Wildman–Crippen MR) is 115 cm³/mol. The third kappa shape index (κ3) is 4.58. The van der Waals surface area contributed by atoms with Gasteiger partial charge in [0.1, 0.15) is 0 Å². The fraction of sp³-hybridized carbons (Fsp3) is 0.167. The Morgan fingerprint density at radius 2 is 1.39 bits per heavy atom. The van der Waals surface area contributed by atoms with Crippen LogP contribution in [0.15, 0.2) is 96.4 Å². The fourth-order valence-electron chi connectivity index (χ4n) is 3.19. The second-order valence-electron chi connectivity index (χ2n) is 7.00. The SMILES string of the molecule is C=C(c1ccccc1)C(C)C(NS(=O)(=O)c1ccc(C)cc1)c1ccccc1. The van der Waals surface area contributed by atoms with E-state index in [-0.39, 0.29) is 10.8 Å². The Morgan fingerprint density at radius 3 is 1.96 bits per heavy atom. The molecule has 0 fully saturated rings. The molecule has 4 heteroatoms. The molecule has 3 aromatic rings. The molecule has 2 unspecified atom stereocenters. The summed E-state index contributed by atoms with van der Waals surface area (Å²) in [5.41, 5.74) is 3.82. The van der Waals surface area contributed by atoms with Crippen molar-refractivity contribution in [2.75, 3.05) is 0 Å². The molecule has 0 aliphatic carbocycles. The highest BCUT2D eigenvalue weighted by Crippen LogP contribution is 2.33. The van der Waals surface area contributed by atoms with Crippen LogP contribution in [-0.4, -0.2) is 8.42 Å². The Balaban J connectivity index is 1.96. The molecule has 3 rings (SSSR count). The van der Waals surface area contributed by atoms with Crippen molar-refractivity contribution in [2.24, 2.45) is 5.92 Å². The molecule has 1 N–H and O–H groups in total. The van der Waals surface area contributed by atoms with Crippen molar-refractivity contribution in [1.29, 1.82) is 0 Å². The summed E-state index contributed by atoms with van der Waals surface area (Å²) >= 11 is 0. The maximum absolute atomic E-state index is 13.0. The molecule has 0 aliphatic heterocycles. The van der Waals surface area contributed by atoms with Crippen LogP contribution in [0.25, 0.3) is 5.57 Å². The van der Waals surface area contributed by atoms with Crippen molar-refractivity contribution in [3.63, 3.8) is 0 Å². The zero-order valence-electron chi connectivity index (χ0n) is 16.2. The third-order valence-corrected chi connectivity index (χ3v) is 6.42. The van der Waals surface area contributed by atoms with Gasteiger partial charge in [-0.25, -0.2) is 13.1 Å². The summed E-state index contributed by atoms with van der Waals surface area (Å²) < 4.78 is 29.0. The zero-order chi connectivity index (χ0) is 20.1. The van der Waals surface area contributed by atoms with Crippen LogP contribution < -0.4 is 4.72 Å². The molecule has 0 saturated heterocycles. The Hall–Kier alpha value is -2.69. The lowest BCUT2D eigenvalue weighted by Crippen LogP contribution is -2.33. The molecule has 3 aromatic carbocycles. The number of aryl methyl sites for hydroxylation is 1. The Morgan fingerprint density at radius 1 is 0.857 bits per heavy atom. The lowest BCUT2D eigenvalue weighted by molar-refractivity contribution is 0.506. The Bertz CT molecular complexity index is 1030. The topological polar surface area (TPSA) is 46.2 Å². The Kier molecular flexibility index (Phi) is 6.12. The van der Waals surface area contributed by atoms with Gasteiger partial charge in [0.15, 0.2) is 0 Å². The minimum atomic E-state index is -3.68. The van der Waals surface area contributed by atoms with Gasteiger partial charge in [-0.1, -0.05) is 91.9 Å². The van der Waals surface area contributed by atoms with E-state index < -0.39 is 16.1 Å². The third-order valence-electron chi connectivity index (χ3n) is 4.97. The number of hydrogen-bond donors (Lipinski definition) is 1. The Labute approximate surface area is 167 Å². The van der Waals surface area contributed by atoms with Crippen molar-refractivity contribution in [3.05, 3.63) is 108 Å². The lowest BCUT2D eigenvalue weighted by Gasteiger charge is -2.27. The van der Waals surface area contributed by atoms with Gasteiger partial charge in [-0.2, -0.15) is 0 Å². The van der Waals surface area contributed by atoms with Crippen LogP contribution in [0, 0.1) is 12.8 Å². The molecule has 0 radical (unpaired) electrons. The molecule has 0 saturated carbocycles. The first-order valence-electron chi connectivity index (χ1n) is 9.26. The average Bonchev–Trinajstić information content (AvgIpc) is 2.72. The van der Waals surface area contributed by atoms with E-state index in [9.17, 15) is 8.42 Å². The van der Waals surface area contributed by atoms with Crippen LogP contribution in [-0.2, 0) is 10.0 Å². The lowest BCUT2D eigenvalue weighted by atomic mass is 9.86. The maximum atomic E-state index is 13.0. The van der Waals surface area contributed by atoms with E-state index in [2.05, 4.69) is 11.3 Å². The summed E-state index contributed by atoms with van der Waals surface area (Å²) in [6, 6.07) is 26.0. The predicted octanol–water partition coefficient (Wildman–Crippen LogP) is 5.36. The number of benzene rings is 3. The number of rotatable bonds is 7. The molecule has 3 nitrogen and oxygen atoms in total. The van der Waals surface area contributed by atoms with Crippen molar-refractivity contribution < 1.29 is 8.42 Å². The van der Waals surface area contributed by atoms with Gasteiger partial charge < -0.3 is 0 Å². The van der Waals surface area contributed by atoms with Crippen molar-refractivity contribution in [2.45, 2.75) is 24.8 Å². The maximum Gasteiger partial charge on any atom is 0.241 e. The zero-order valence-corrected chi connectivity index (χ0v) is 17.0. The summed E-state index contributed by atoms with van der Waals surface area (Å²) in [6.07, 6.45) is 0. The first kappa shape index (κ1) is 20.1. The van der Waals surface area contributed by atoms with E-state index in [1.807, 2.05) is 74.5 Å². The normalized spacial score (nSPS) is 13.6. The summed E-state index contributed by atoms with van der Waals surface area (Å²) in [4.78, 5) is 0.261. The van der Waals surface area contributed by atoms with Crippen molar-refractivity contribution >= 4 is 15.6 Å². The van der Waals surface area contributed by atoms with Gasteiger partial charge in [0, 0.05) is 5.92 Å². The standard InChI is InChI=1S/C24H25NO2S/c1-18-14-16-23(17-15-18)28(26,27)25-24(22-12-8-5-9-13-22)20(3)19(2)21-10-6-4-7-11-21/h4-17,20,24-25H,2H2,1,3H3. The minimum Gasteiger partial charge on any atom is -0.207 e. The second-order valence-corrected chi connectivity index (χ2v) is 8.72. The second kappa shape index (κ2) is 8.55. The molecular weight excluding hydrogens is 366 g/mol. The van der Waals surface area contributed by atoms with E-state index >= 15 is 0 Å². The summed E-state index contributed by atoms with van der Waals surface area (Å²) in [5, 5.41) is 0. The van der Waals surface area contributed by atoms with E-state index in [4.69, 9.17) is 0 Å². The van der Waals surface area contributed by atoms with Gasteiger partial charge >= 0.3 is 0 Å². The first-order valence-corrected chi connectivity index (χ1v) is 10.7. The molecule has 28 heavy (non-hydrogen) atoms. The molecule has 0 heterocycles. The highest BCUT2D eigenvalue weighted by Gasteiger charge is 2.28. The summed E-state index contributed by atoms with van der Waals surface area (Å²) in [5.74, 6) is -0.134. The van der Waals surface area contributed by atoms with Crippen LogP contribution >= 0.6 is 0 Å². The van der Waals surface area contributed by atoms with E-state index in [1.165, 1.54) is 0 Å². The van der Waals surface area contributed by atoms with Crippen LogP contribution in [0.5, 0.6) is 0 Å². The van der Waals surface area contributed by atoms with E-state index in [0.29, 0.717) is 0 Å². The van der Waals surface area contributed by atoms with Gasteiger partial charge in [-0.3, -0.25) is 0 Å². The van der Waals surface area contributed by atoms with Crippen LogP contribution in [0.1, 0.15) is 29.7 Å². The quantitative estimate of drug-likeness (QED) is 0.589. The van der Waals surface area contributed by atoms with Gasteiger partial charge in [0.05, 0.1) is 10.9 Å². The molecule has 144 valence electrons. The van der Waals surface area contributed by atoms with Crippen LogP contribution in [0.4, 0.5) is 0 Å². The highest BCUT2D eigenvalue weighted by molar-refractivity contribution is 7.89. The van der Waals surface area contributed by atoms with Gasteiger partial charge in [0.2, 0.25) is 10.0 Å². The molecular formula is C24H25NO2S. The number of hydrogen-bond acceptors (Lipinski definition) is 2. The van der Waals surface area contributed by atoms with E-state index in [0.717, 1.165) is 22.3 Å². The monoisotopic (exact) mass is 391 g/mol. The van der Waals surface area contributed by atoms with Crippen LogP contribution in [0.2, 0.25) is 0 Å².